The number of hydrogen-bond acceptors (Lipinski definition) is 6. The van der Waals surface area contributed by atoms with Crippen LogP contribution in [-0.2, 0) is 37.5 Å². The largest absolute Gasteiger partial charge is 0.481 e. The lowest BCUT2D eigenvalue weighted by atomic mass is 9.76. The second-order valence-corrected chi connectivity index (χ2v) is 14.0. The molecular weight excluding hydrogens is 641 g/mol. The molecule has 2 aliphatic rings. The van der Waals surface area contributed by atoms with Gasteiger partial charge in [-0.25, -0.2) is 18.6 Å². The molecule has 238 valence electrons. The lowest BCUT2D eigenvalue weighted by molar-refractivity contribution is -0.138. The van der Waals surface area contributed by atoms with Gasteiger partial charge in [0, 0.05) is 27.7 Å². The minimum Gasteiger partial charge on any atom is -0.481 e. The molecule has 3 N–H and O–H groups in total. The van der Waals surface area contributed by atoms with E-state index >= 15 is 0 Å². The standard InChI is InChI=1S/C32H33Cl2N3O7S/c1-45(42,43)36-26-8-4-5-9-27(26)37-30(24-15-14-21(33)17-25(24)34)29(22-6-2-3-7-23(22)32(37)41)31(40)35-44-18-20-12-10-19(11-13-20)16-28(38)39/h2-3,6-7,10-15,17,26-27,29-30,36H,4-5,8-9,16,18H2,1H3,(H,35,40)(H,38,39)/t26-,27-,29-,30+/m0/s1. The zero-order valence-corrected chi connectivity index (χ0v) is 26.7. The molecule has 0 unspecified atom stereocenters. The van der Waals surface area contributed by atoms with Crippen molar-refractivity contribution in [1.29, 1.82) is 0 Å². The van der Waals surface area contributed by atoms with Crippen LogP contribution in [0.5, 0.6) is 0 Å². The van der Waals surface area contributed by atoms with Crippen molar-refractivity contribution in [2.24, 2.45) is 0 Å². The van der Waals surface area contributed by atoms with Gasteiger partial charge in [0.05, 0.1) is 31.2 Å². The summed E-state index contributed by atoms with van der Waals surface area (Å²) < 4.78 is 27.5. The Bertz CT molecular complexity index is 1700. The molecule has 0 radical (unpaired) electrons. The number of nitrogens with zero attached hydrogens (tertiary/aromatic N) is 1. The first kappa shape index (κ1) is 32.9. The Morgan fingerprint density at radius 2 is 1.67 bits per heavy atom. The molecule has 4 atom stereocenters. The summed E-state index contributed by atoms with van der Waals surface area (Å²) in [6.07, 6.45) is 3.58. The first-order valence-corrected chi connectivity index (χ1v) is 17.1. The molecule has 1 aliphatic heterocycles. The highest BCUT2D eigenvalue weighted by molar-refractivity contribution is 7.88. The number of rotatable bonds is 10. The van der Waals surface area contributed by atoms with E-state index in [9.17, 15) is 22.8 Å². The number of hydrogen-bond donors (Lipinski definition) is 3. The highest BCUT2D eigenvalue weighted by Gasteiger charge is 2.49. The summed E-state index contributed by atoms with van der Waals surface area (Å²) in [5, 5.41) is 9.65. The van der Waals surface area contributed by atoms with Crippen LogP contribution in [0.2, 0.25) is 10.0 Å². The molecule has 2 amide bonds. The lowest BCUT2D eigenvalue weighted by Crippen LogP contribution is -2.59. The summed E-state index contributed by atoms with van der Waals surface area (Å²) in [6.45, 7) is 0.00541. The highest BCUT2D eigenvalue weighted by atomic mass is 35.5. The quantitative estimate of drug-likeness (QED) is 0.257. The fraction of sp³-hybridized carbons (Fsp3) is 0.344. The normalized spacial score (nSPS) is 21.7. The van der Waals surface area contributed by atoms with Crippen molar-refractivity contribution >= 4 is 51.0 Å². The fourth-order valence-corrected chi connectivity index (χ4v) is 7.66. The monoisotopic (exact) mass is 673 g/mol. The zero-order chi connectivity index (χ0) is 32.3. The van der Waals surface area contributed by atoms with E-state index in [0.29, 0.717) is 45.7 Å². The highest BCUT2D eigenvalue weighted by Crippen LogP contribution is 2.47. The number of carbonyl (C=O) groups excluding carboxylic acids is 2. The van der Waals surface area contributed by atoms with Gasteiger partial charge in [0.25, 0.3) is 11.8 Å². The van der Waals surface area contributed by atoms with Crippen molar-refractivity contribution in [3.63, 3.8) is 0 Å². The number of sulfonamides is 1. The summed E-state index contributed by atoms with van der Waals surface area (Å²) in [5.41, 5.74) is 5.20. The maximum absolute atomic E-state index is 14.3. The van der Waals surface area contributed by atoms with E-state index in [4.69, 9.17) is 33.1 Å². The summed E-state index contributed by atoms with van der Waals surface area (Å²) in [5.74, 6) is -2.77. The van der Waals surface area contributed by atoms with Crippen LogP contribution in [0.15, 0.2) is 66.7 Å². The third kappa shape index (κ3) is 7.67. The molecule has 3 aromatic rings. The van der Waals surface area contributed by atoms with Crippen molar-refractivity contribution in [1.82, 2.24) is 15.1 Å². The number of carbonyl (C=O) groups is 3. The third-order valence-corrected chi connectivity index (χ3v) is 9.48. The first-order valence-electron chi connectivity index (χ1n) is 14.5. The number of amides is 2. The summed E-state index contributed by atoms with van der Waals surface area (Å²) in [7, 11) is -3.61. The van der Waals surface area contributed by atoms with Crippen LogP contribution >= 0.6 is 23.2 Å². The second-order valence-electron chi connectivity index (χ2n) is 11.4. The van der Waals surface area contributed by atoms with E-state index in [0.717, 1.165) is 19.1 Å². The molecule has 5 rings (SSSR count). The maximum atomic E-state index is 14.3. The molecule has 0 spiro atoms. The Morgan fingerprint density at radius 3 is 2.36 bits per heavy atom. The van der Waals surface area contributed by atoms with Gasteiger partial charge in [0.2, 0.25) is 10.0 Å². The molecular formula is C32H33Cl2N3O7S. The predicted molar refractivity (Wildman–Crippen MR) is 169 cm³/mol. The minimum atomic E-state index is -3.61. The van der Waals surface area contributed by atoms with Gasteiger partial charge in [-0.3, -0.25) is 19.2 Å². The van der Waals surface area contributed by atoms with Crippen LogP contribution in [0.1, 0.15) is 70.3 Å². The van der Waals surface area contributed by atoms with E-state index in [1.807, 2.05) is 0 Å². The minimum absolute atomic E-state index is 0.00541. The van der Waals surface area contributed by atoms with Crippen LogP contribution in [0.4, 0.5) is 0 Å². The van der Waals surface area contributed by atoms with Crippen LogP contribution in [0, 0.1) is 0 Å². The van der Waals surface area contributed by atoms with Gasteiger partial charge in [-0.05, 0) is 53.3 Å². The first-order chi connectivity index (χ1) is 21.4. The Balaban J connectivity index is 1.52. The van der Waals surface area contributed by atoms with E-state index in [1.165, 1.54) is 0 Å². The van der Waals surface area contributed by atoms with Gasteiger partial charge in [-0.2, -0.15) is 0 Å². The molecule has 1 aliphatic carbocycles. The maximum Gasteiger partial charge on any atom is 0.307 e. The molecule has 1 heterocycles. The number of carboxylic acids is 1. The van der Waals surface area contributed by atoms with Gasteiger partial charge in [0.1, 0.15) is 0 Å². The van der Waals surface area contributed by atoms with Gasteiger partial charge < -0.3 is 10.0 Å². The van der Waals surface area contributed by atoms with Crippen LogP contribution < -0.4 is 10.2 Å². The number of hydroxylamine groups is 1. The lowest BCUT2D eigenvalue weighted by Gasteiger charge is -2.49. The molecule has 0 aromatic heterocycles. The van der Waals surface area contributed by atoms with Crippen LogP contribution in [0.3, 0.4) is 0 Å². The SMILES string of the molecule is CS(=O)(=O)N[C@H]1CCCC[C@@H]1N1C(=O)c2ccccc2[C@H](C(=O)NOCc2ccc(CC(=O)O)cc2)[C@H]1c1ccc(Cl)cc1Cl. The van der Waals surface area contributed by atoms with Gasteiger partial charge in [-0.15, -0.1) is 0 Å². The fourth-order valence-electron chi connectivity index (χ4n) is 6.31. The average Bonchev–Trinajstić information content (AvgIpc) is 2.97. The van der Waals surface area contributed by atoms with E-state index < -0.39 is 45.9 Å². The van der Waals surface area contributed by atoms with Crippen LogP contribution in [0.25, 0.3) is 0 Å². The number of aliphatic carboxylic acids is 1. The molecule has 0 bridgehead atoms. The van der Waals surface area contributed by atoms with Crippen molar-refractivity contribution in [2.45, 2.75) is 62.8 Å². The Hall–Kier alpha value is -3.48. The number of nitrogens with one attached hydrogen (secondary N) is 2. The third-order valence-electron chi connectivity index (χ3n) is 8.18. The predicted octanol–water partition coefficient (Wildman–Crippen LogP) is 5.01. The average molecular weight is 675 g/mol. The number of carboxylic acid groups (broad SMARTS) is 1. The molecule has 1 saturated carbocycles. The molecule has 3 aromatic carbocycles. The molecule has 45 heavy (non-hydrogen) atoms. The second kappa shape index (κ2) is 13.9. The number of halogens is 2. The van der Waals surface area contributed by atoms with E-state index in [1.54, 1.807) is 71.6 Å². The van der Waals surface area contributed by atoms with Crippen LogP contribution in [-0.4, -0.2) is 54.5 Å². The molecule has 0 saturated heterocycles. The van der Waals surface area contributed by atoms with Gasteiger partial charge in [-0.1, -0.05) is 84.6 Å². The van der Waals surface area contributed by atoms with Gasteiger partial charge >= 0.3 is 5.97 Å². The summed E-state index contributed by atoms with van der Waals surface area (Å²) in [4.78, 5) is 46.7. The zero-order valence-electron chi connectivity index (χ0n) is 24.4. The Kier molecular flexibility index (Phi) is 10.1. The summed E-state index contributed by atoms with van der Waals surface area (Å²) in [6, 6.07) is 16.5. The van der Waals surface area contributed by atoms with Crippen molar-refractivity contribution < 1.29 is 32.7 Å². The topological polar surface area (TPSA) is 142 Å². The number of fused-ring (bicyclic) bond motifs is 1. The van der Waals surface area contributed by atoms with Gasteiger partial charge in [0.15, 0.2) is 0 Å². The van der Waals surface area contributed by atoms with Crippen molar-refractivity contribution in [3.05, 3.63) is 105 Å². The molecule has 1 fully saturated rings. The Labute approximate surface area is 271 Å². The van der Waals surface area contributed by atoms with E-state index in [2.05, 4.69) is 10.2 Å². The molecule has 10 nitrogen and oxygen atoms in total. The van der Waals surface area contributed by atoms with Crippen molar-refractivity contribution in [2.75, 3.05) is 6.26 Å². The van der Waals surface area contributed by atoms with E-state index in [-0.39, 0.29) is 24.0 Å². The Morgan fingerprint density at radius 1 is 0.978 bits per heavy atom. The van der Waals surface area contributed by atoms with Crippen molar-refractivity contribution in [3.8, 4) is 0 Å². The molecule has 13 heteroatoms. The number of benzene rings is 3. The summed E-state index contributed by atoms with van der Waals surface area (Å²) >= 11 is 13.0. The smallest absolute Gasteiger partial charge is 0.307 e.